The Morgan fingerprint density at radius 1 is 1.00 bits per heavy atom. The van der Waals surface area contributed by atoms with Gasteiger partial charge in [-0.05, 0) is 111 Å². The molecule has 0 aliphatic carbocycles. The number of benzene rings is 3. The van der Waals surface area contributed by atoms with E-state index in [1.165, 1.54) is 54.1 Å². The molecule has 5 rings (SSSR count). The molecule has 2 heterocycles. The largest absolute Gasteiger partial charge is 0.494 e. The van der Waals surface area contributed by atoms with E-state index in [-0.39, 0.29) is 0 Å². The van der Waals surface area contributed by atoms with E-state index >= 15 is 0 Å². The van der Waals surface area contributed by atoms with Crippen molar-refractivity contribution in [2.75, 3.05) is 54.0 Å². The molecule has 54 heavy (non-hydrogen) atoms. The molecular formula is C38H43F3N4O6S3. The number of hydrogen-bond acceptors (Lipinski definition) is 11. The van der Waals surface area contributed by atoms with Gasteiger partial charge in [0.1, 0.15) is 27.5 Å². The van der Waals surface area contributed by atoms with Gasteiger partial charge >= 0.3 is 18.1 Å². The fraction of sp³-hybridized carbons (Fsp3) is 0.395. The smallest absolute Gasteiger partial charge is 0.416 e. The van der Waals surface area contributed by atoms with Crippen molar-refractivity contribution in [1.82, 2.24) is 9.88 Å². The molecule has 3 aromatic carbocycles. The highest BCUT2D eigenvalue weighted by Gasteiger charge is 2.33. The molecule has 0 amide bonds. The molecule has 10 nitrogen and oxygen atoms in total. The zero-order valence-electron chi connectivity index (χ0n) is 30.3. The third-order valence-electron chi connectivity index (χ3n) is 8.76. The summed E-state index contributed by atoms with van der Waals surface area (Å²) in [6.07, 6.45) is -3.33. The second kappa shape index (κ2) is 18.5. The van der Waals surface area contributed by atoms with E-state index in [1.807, 2.05) is 43.5 Å². The highest BCUT2D eigenvalue weighted by Crippen LogP contribution is 2.43. The van der Waals surface area contributed by atoms with Gasteiger partial charge < -0.3 is 24.6 Å². The number of carbonyl (C=O) groups is 2. The highest BCUT2D eigenvalue weighted by molar-refractivity contribution is 8.01. The Bertz CT molecular complexity index is 1870. The molecule has 4 aromatic rings. The number of halogens is 3. The normalized spacial score (nSPS) is 14.8. The number of alkyl halides is 3. The fourth-order valence-corrected chi connectivity index (χ4v) is 8.64. The lowest BCUT2D eigenvalue weighted by Gasteiger charge is -2.36. The van der Waals surface area contributed by atoms with E-state index < -0.39 is 35.8 Å². The van der Waals surface area contributed by atoms with Crippen LogP contribution in [-0.4, -0.2) is 89.0 Å². The number of carboxylic acid groups (broad SMARTS) is 2. The van der Waals surface area contributed by atoms with E-state index in [0.717, 1.165) is 36.7 Å². The number of piperazine rings is 1. The first-order valence-electron chi connectivity index (χ1n) is 17.3. The lowest BCUT2D eigenvalue weighted by Crippen LogP contribution is -2.46. The van der Waals surface area contributed by atoms with E-state index in [9.17, 15) is 33.0 Å². The molecule has 1 saturated heterocycles. The third-order valence-corrected chi connectivity index (χ3v) is 11.8. The van der Waals surface area contributed by atoms with Crippen LogP contribution in [0.4, 0.5) is 23.9 Å². The molecule has 1 fully saturated rings. The average molecular weight is 805 g/mol. The van der Waals surface area contributed by atoms with Crippen molar-refractivity contribution in [2.24, 2.45) is 0 Å². The fourth-order valence-electron chi connectivity index (χ4n) is 5.82. The lowest BCUT2D eigenvalue weighted by molar-refractivity contribution is -0.144. The molecule has 16 heteroatoms. The lowest BCUT2D eigenvalue weighted by atomic mass is 10.1. The number of ether oxygens (including phenoxy) is 2. The second-order valence-electron chi connectivity index (χ2n) is 12.6. The quantitative estimate of drug-likeness (QED) is 0.0999. The predicted octanol–water partition coefficient (Wildman–Crippen LogP) is 8.43. The van der Waals surface area contributed by atoms with Gasteiger partial charge in [0.2, 0.25) is 0 Å². The first-order chi connectivity index (χ1) is 25.8. The van der Waals surface area contributed by atoms with Crippen molar-refractivity contribution in [3.63, 3.8) is 0 Å². The van der Waals surface area contributed by atoms with Crippen LogP contribution in [0.15, 0.2) is 71.6 Å². The number of carboxylic acids is 2. The Hall–Kier alpha value is -4.12. The Labute approximate surface area is 325 Å². The summed E-state index contributed by atoms with van der Waals surface area (Å²) in [5.41, 5.74) is 2.10. The zero-order chi connectivity index (χ0) is 39.0. The number of thioether (sulfide) groups is 1. The Balaban J connectivity index is 1.49. The van der Waals surface area contributed by atoms with Crippen molar-refractivity contribution in [2.45, 2.75) is 57.0 Å². The van der Waals surface area contributed by atoms with Crippen molar-refractivity contribution in [1.29, 1.82) is 0 Å². The second-order valence-corrected chi connectivity index (χ2v) is 15.6. The maximum absolute atomic E-state index is 13.4. The van der Waals surface area contributed by atoms with Crippen LogP contribution in [0.2, 0.25) is 0 Å². The molecular weight excluding hydrogens is 762 g/mol. The minimum Gasteiger partial charge on any atom is -0.494 e. The molecule has 2 N–H and O–H groups in total. The summed E-state index contributed by atoms with van der Waals surface area (Å²) >= 11 is 4.00. The van der Waals surface area contributed by atoms with Gasteiger partial charge in [-0.2, -0.15) is 24.9 Å². The minimum absolute atomic E-state index is 0.313. The SMILES string of the molecule is CCOc1ccc(N2CCN(Cc3nc(-c4ccc(C(F)(F)F)cc4)sc3N(Sc3ccc(OC(C)C(=O)O)c(C)c3)[C@@H](CCSC)C(=O)O)CC2)cc1. The first kappa shape index (κ1) is 41.1. The van der Waals surface area contributed by atoms with Crippen molar-refractivity contribution in [3.8, 4) is 22.1 Å². The highest BCUT2D eigenvalue weighted by atomic mass is 32.2. The van der Waals surface area contributed by atoms with Gasteiger partial charge in [0.05, 0.1) is 17.9 Å². The maximum atomic E-state index is 13.4. The number of hydrogen-bond donors (Lipinski definition) is 2. The van der Waals surface area contributed by atoms with E-state index in [4.69, 9.17) is 14.5 Å². The molecule has 290 valence electrons. The third kappa shape index (κ3) is 10.5. The Kier molecular flexibility index (Phi) is 14.0. The van der Waals surface area contributed by atoms with Crippen LogP contribution in [0.1, 0.15) is 37.1 Å². The maximum Gasteiger partial charge on any atom is 0.416 e. The van der Waals surface area contributed by atoms with E-state index in [1.54, 1.807) is 23.4 Å². The first-order valence-corrected chi connectivity index (χ1v) is 20.3. The Morgan fingerprint density at radius 2 is 1.69 bits per heavy atom. The molecule has 1 aliphatic heterocycles. The number of aryl methyl sites for hydroxylation is 1. The number of aromatic nitrogens is 1. The van der Waals surface area contributed by atoms with Crippen LogP contribution in [0.5, 0.6) is 11.5 Å². The molecule has 1 aliphatic rings. The average Bonchev–Trinajstić information content (AvgIpc) is 3.56. The van der Waals surface area contributed by atoms with Gasteiger partial charge in [-0.1, -0.05) is 23.5 Å². The monoisotopic (exact) mass is 804 g/mol. The van der Waals surface area contributed by atoms with Gasteiger partial charge in [-0.15, -0.1) is 0 Å². The molecule has 0 saturated carbocycles. The summed E-state index contributed by atoms with van der Waals surface area (Å²) in [7, 11) is 0. The van der Waals surface area contributed by atoms with Crippen LogP contribution < -0.4 is 18.7 Å². The topological polar surface area (TPSA) is 116 Å². The predicted molar refractivity (Wildman–Crippen MR) is 209 cm³/mol. The van der Waals surface area contributed by atoms with Crippen LogP contribution in [0.25, 0.3) is 10.6 Å². The van der Waals surface area contributed by atoms with Crippen molar-refractivity contribution >= 4 is 57.7 Å². The molecule has 0 bridgehead atoms. The van der Waals surface area contributed by atoms with Crippen LogP contribution >= 0.6 is 35.0 Å². The number of nitrogens with zero attached hydrogens (tertiary/aromatic N) is 4. The Morgan fingerprint density at radius 3 is 2.26 bits per heavy atom. The molecule has 0 spiro atoms. The number of rotatable bonds is 17. The summed E-state index contributed by atoms with van der Waals surface area (Å²) in [5, 5.41) is 21.0. The van der Waals surface area contributed by atoms with Crippen LogP contribution in [-0.2, 0) is 22.3 Å². The summed E-state index contributed by atoms with van der Waals surface area (Å²) < 4.78 is 53.3. The van der Waals surface area contributed by atoms with Crippen molar-refractivity contribution in [3.05, 3.63) is 83.6 Å². The number of thiazole rings is 1. The number of aliphatic carboxylic acids is 2. The van der Waals surface area contributed by atoms with E-state index in [2.05, 4.69) is 9.80 Å². The number of anilines is 2. The summed E-state index contributed by atoms with van der Waals surface area (Å²) in [5.74, 6) is -0.350. The van der Waals surface area contributed by atoms with Crippen molar-refractivity contribution < 1.29 is 42.4 Å². The molecule has 1 aromatic heterocycles. The minimum atomic E-state index is -4.49. The van der Waals surface area contributed by atoms with Gasteiger partial charge in [-0.25, -0.2) is 14.6 Å². The molecule has 1 unspecified atom stereocenters. The van der Waals surface area contributed by atoms with Crippen LogP contribution in [0.3, 0.4) is 0 Å². The molecule has 2 atom stereocenters. The summed E-state index contributed by atoms with van der Waals surface area (Å²) in [4.78, 5) is 34.6. The van der Waals surface area contributed by atoms with Gasteiger partial charge in [0, 0.05) is 48.9 Å². The van der Waals surface area contributed by atoms with E-state index in [0.29, 0.717) is 75.9 Å². The van der Waals surface area contributed by atoms with Gasteiger partial charge in [0.15, 0.2) is 6.10 Å². The van der Waals surface area contributed by atoms with Gasteiger partial charge in [-0.3, -0.25) is 9.21 Å². The van der Waals surface area contributed by atoms with Gasteiger partial charge in [0.25, 0.3) is 0 Å². The summed E-state index contributed by atoms with van der Waals surface area (Å²) in [6, 6.07) is 17.1. The molecule has 0 radical (unpaired) electrons. The zero-order valence-corrected chi connectivity index (χ0v) is 32.8. The standard InChI is InChI=1S/C38H43F3N4O6S3/c1-5-50-29-12-10-28(11-13-29)44-19-17-43(18-20-44)23-31-35(53-34(42-31)26-6-8-27(9-7-26)38(39,40)41)45(32(37(48)49)16-21-52-4)54-30-14-15-33(24(2)22-30)51-25(3)36(46)47/h6-15,22,25,32H,5,16-21,23H2,1-4H3,(H,46,47)(H,48,49)/t25?,32-/m0/s1. The van der Waals surface area contributed by atoms with Crippen LogP contribution in [0, 0.1) is 6.92 Å². The summed E-state index contributed by atoms with van der Waals surface area (Å²) in [6.45, 7) is 9.06.